The molecule has 2 rings (SSSR count). The van der Waals surface area contributed by atoms with E-state index in [9.17, 15) is 14.3 Å². The number of carbonyl (C=O) groups excluding carboxylic acids is 1. The summed E-state index contributed by atoms with van der Waals surface area (Å²) in [4.78, 5) is 14.4. The molecule has 1 atom stereocenters. The minimum atomic E-state index is -0.279. The quantitative estimate of drug-likeness (QED) is 0.811. The van der Waals surface area contributed by atoms with Crippen LogP contribution in [0.3, 0.4) is 0 Å². The van der Waals surface area contributed by atoms with Crippen molar-refractivity contribution in [3.8, 4) is 0 Å². The van der Waals surface area contributed by atoms with Gasteiger partial charge in [-0.05, 0) is 37.5 Å². The number of hydrogen-bond donors (Lipinski definition) is 2. The number of carbonyl (C=O) groups is 1. The molecule has 23 heavy (non-hydrogen) atoms. The van der Waals surface area contributed by atoms with Gasteiger partial charge in [-0.2, -0.15) is 0 Å². The van der Waals surface area contributed by atoms with E-state index in [1.807, 2.05) is 6.92 Å². The Kier molecular flexibility index (Phi) is 6.99. The lowest BCUT2D eigenvalue weighted by Gasteiger charge is -2.33. The fraction of sp³-hybridized carbons (Fsp3) is 0.611. The van der Waals surface area contributed by atoms with Gasteiger partial charge in [-0.15, -0.1) is 0 Å². The highest BCUT2D eigenvalue weighted by Gasteiger charge is 2.23. The highest BCUT2D eigenvalue weighted by Crippen LogP contribution is 2.22. The highest BCUT2D eigenvalue weighted by molar-refractivity contribution is 5.78. The van der Waals surface area contributed by atoms with Gasteiger partial charge in [0.2, 0.25) is 5.91 Å². The van der Waals surface area contributed by atoms with Crippen LogP contribution in [0.25, 0.3) is 0 Å². The molecule has 0 heterocycles. The van der Waals surface area contributed by atoms with E-state index in [0.717, 1.165) is 18.4 Å². The van der Waals surface area contributed by atoms with Crippen LogP contribution in [-0.2, 0) is 4.79 Å². The average molecular weight is 322 g/mol. The summed E-state index contributed by atoms with van der Waals surface area (Å²) >= 11 is 0. The minimum Gasteiger partial charge on any atom is -0.395 e. The molecule has 1 saturated carbocycles. The lowest BCUT2D eigenvalue weighted by Crippen LogP contribution is -2.45. The Morgan fingerprint density at radius 3 is 2.57 bits per heavy atom. The minimum absolute atomic E-state index is 0.0548. The second-order valence-electron chi connectivity index (χ2n) is 6.33. The normalized spacial score (nSPS) is 17.2. The summed E-state index contributed by atoms with van der Waals surface area (Å²) in [6.07, 6.45) is 5.85. The maximum absolute atomic E-state index is 13.0. The smallest absolute Gasteiger partial charge is 0.234 e. The molecule has 1 amide bonds. The van der Waals surface area contributed by atoms with Crippen LogP contribution in [0, 0.1) is 5.82 Å². The summed E-state index contributed by atoms with van der Waals surface area (Å²) in [5.41, 5.74) is 0.881. The number of nitrogens with zero attached hydrogens (tertiary/aromatic N) is 1. The van der Waals surface area contributed by atoms with Gasteiger partial charge in [0.25, 0.3) is 0 Å². The first-order valence-electron chi connectivity index (χ1n) is 8.50. The number of aliphatic hydroxyl groups excluding tert-OH is 1. The first-order chi connectivity index (χ1) is 11.1. The molecule has 0 aliphatic heterocycles. The van der Waals surface area contributed by atoms with Crippen LogP contribution in [0.1, 0.15) is 50.6 Å². The van der Waals surface area contributed by atoms with E-state index in [4.69, 9.17) is 0 Å². The zero-order valence-corrected chi connectivity index (χ0v) is 13.8. The fourth-order valence-corrected chi connectivity index (χ4v) is 3.27. The standard InChI is InChI=1S/C18H27FN2O2/c1-14(15-7-9-16(19)10-8-15)20-18(23)13-21(11-12-22)17-5-3-2-4-6-17/h7-10,14,17,22H,2-6,11-13H2,1H3,(H,20,23). The summed E-state index contributed by atoms with van der Waals surface area (Å²) in [6, 6.07) is 6.41. The van der Waals surface area contributed by atoms with E-state index >= 15 is 0 Å². The first-order valence-corrected chi connectivity index (χ1v) is 8.50. The van der Waals surface area contributed by atoms with E-state index < -0.39 is 0 Å². The molecule has 2 N–H and O–H groups in total. The van der Waals surface area contributed by atoms with Crippen molar-refractivity contribution in [2.75, 3.05) is 19.7 Å². The third kappa shape index (κ3) is 5.59. The second kappa shape index (κ2) is 8.99. The Balaban J connectivity index is 1.88. The Hall–Kier alpha value is -1.46. The third-order valence-electron chi connectivity index (χ3n) is 4.57. The van der Waals surface area contributed by atoms with Crippen molar-refractivity contribution in [1.82, 2.24) is 10.2 Å². The molecular formula is C18H27FN2O2. The highest BCUT2D eigenvalue weighted by atomic mass is 19.1. The van der Waals surface area contributed by atoms with Crippen molar-refractivity contribution in [3.63, 3.8) is 0 Å². The Morgan fingerprint density at radius 1 is 1.30 bits per heavy atom. The predicted octanol–water partition coefficient (Wildman–Crippen LogP) is 2.63. The van der Waals surface area contributed by atoms with Crippen LogP contribution < -0.4 is 5.32 Å². The Labute approximate surface area is 137 Å². The van der Waals surface area contributed by atoms with Crippen LogP contribution in [0.15, 0.2) is 24.3 Å². The van der Waals surface area contributed by atoms with Gasteiger partial charge >= 0.3 is 0 Å². The van der Waals surface area contributed by atoms with Gasteiger partial charge < -0.3 is 10.4 Å². The number of nitrogens with one attached hydrogen (secondary N) is 1. The molecule has 0 spiro atoms. The lowest BCUT2D eigenvalue weighted by atomic mass is 9.94. The molecule has 1 aromatic carbocycles. The summed E-state index contributed by atoms with van der Waals surface area (Å²) in [5.74, 6) is -0.334. The van der Waals surface area contributed by atoms with Crippen LogP contribution in [-0.4, -0.2) is 41.7 Å². The summed E-state index contributed by atoms with van der Waals surface area (Å²) < 4.78 is 13.0. The molecule has 5 heteroatoms. The van der Waals surface area contributed by atoms with Crippen LogP contribution in [0.5, 0.6) is 0 Å². The largest absolute Gasteiger partial charge is 0.395 e. The van der Waals surface area contributed by atoms with Gasteiger partial charge in [0, 0.05) is 12.6 Å². The average Bonchev–Trinajstić information content (AvgIpc) is 2.55. The van der Waals surface area contributed by atoms with E-state index in [1.54, 1.807) is 12.1 Å². The Morgan fingerprint density at radius 2 is 1.96 bits per heavy atom. The zero-order chi connectivity index (χ0) is 16.7. The molecule has 1 aliphatic carbocycles. The number of aliphatic hydroxyl groups is 1. The molecule has 1 unspecified atom stereocenters. The number of hydrogen-bond acceptors (Lipinski definition) is 3. The first kappa shape index (κ1) is 17.9. The van der Waals surface area contributed by atoms with Crippen molar-refractivity contribution in [2.45, 2.75) is 51.1 Å². The topological polar surface area (TPSA) is 52.6 Å². The van der Waals surface area contributed by atoms with Gasteiger partial charge in [-0.3, -0.25) is 9.69 Å². The number of benzene rings is 1. The van der Waals surface area contributed by atoms with Crippen LogP contribution >= 0.6 is 0 Å². The third-order valence-corrected chi connectivity index (χ3v) is 4.57. The SMILES string of the molecule is CC(NC(=O)CN(CCO)C1CCCCC1)c1ccc(F)cc1. The molecule has 128 valence electrons. The molecule has 1 aliphatic rings. The van der Waals surface area contributed by atoms with Gasteiger partial charge in [0.15, 0.2) is 0 Å². The number of amides is 1. The van der Waals surface area contributed by atoms with Crippen molar-refractivity contribution in [3.05, 3.63) is 35.6 Å². The number of halogens is 1. The molecule has 0 saturated heterocycles. The zero-order valence-electron chi connectivity index (χ0n) is 13.8. The molecule has 1 aromatic rings. The molecule has 0 aromatic heterocycles. The predicted molar refractivity (Wildman–Crippen MR) is 88.5 cm³/mol. The van der Waals surface area contributed by atoms with E-state index in [2.05, 4.69) is 10.2 Å². The van der Waals surface area contributed by atoms with Crippen LogP contribution in [0.4, 0.5) is 4.39 Å². The van der Waals surface area contributed by atoms with Crippen molar-refractivity contribution in [2.24, 2.45) is 0 Å². The maximum Gasteiger partial charge on any atom is 0.234 e. The Bertz CT molecular complexity index is 486. The molecule has 4 nitrogen and oxygen atoms in total. The van der Waals surface area contributed by atoms with Crippen molar-refractivity contribution < 1.29 is 14.3 Å². The fourth-order valence-electron chi connectivity index (χ4n) is 3.27. The molecule has 0 bridgehead atoms. The van der Waals surface area contributed by atoms with Crippen LogP contribution in [0.2, 0.25) is 0 Å². The maximum atomic E-state index is 13.0. The van der Waals surface area contributed by atoms with E-state index in [1.165, 1.54) is 31.4 Å². The van der Waals surface area contributed by atoms with Gasteiger partial charge in [0.05, 0.1) is 19.2 Å². The molecule has 1 fully saturated rings. The van der Waals surface area contributed by atoms with Gasteiger partial charge in [0.1, 0.15) is 5.82 Å². The van der Waals surface area contributed by atoms with Gasteiger partial charge in [-0.25, -0.2) is 4.39 Å². The van der Waals surface area contributed by atoms with E-state index in [0.29, 0.717) is 19.1 Å². The second-order valence-corrected chi connectivity index (χ2v) is 6.33. The monoisotopic (exact) mass is 322 g/mol. The summed E-state index contributed by atoms with van der Waals surface area (Å²) in [6.45, 7) is 2.79. The van der Waals surface area contributed by atoms with Crippen molar-refractivity contribution >= 4 is 5.91 Å². The molecular weight excluding hydrogens is 295 g/mol. The van der Waals surface area contributed by atoms with Crippen molar-refractivity contribution in [1.29, 1.82) is 0 Å². The van der Waals surface area contributed by atoms with Gasteiger partial charge in [-0.1, -0.05) is 31.4 Å². The van der Waals surface area contributed by atoms with E-state index in [-0.39, 0.29) is 24.4 Å². The summed E-state index contributed by atoms with van der Waals surface area (Å²) in [7, 11) is 0. The number of rotatable bonds is 7. The lowest BCUT2D eigenvalue weighted by molar-refractivity contribution is -0.123. The molecule has 0 radical (unpaired) electrons. The summed E-state index contributed by atoms with van der Waals surface area (Å²) in [5, 5.41) is 12.2.